The van der Waals surface area contributed by atoms with Crippen molar-refractivity contribution in [3.05, 3.63) is 46.3 Å². The van der Waals surface area contributed by atoms with Gasteiger partial charge in [-0.15, -0.1) is 10.2 Å². The third-order valence-electron chi connectivity index (χ3n) is 17.1. The SMILES string of the molecule is CNCCn1c(-c2ccc(Cl)cc2)nnc1[C@H](O)[C@@]12CC[C@]3(C)[C@H](CC[C@@H]4[C@@]5(C)CC[C@H](OC(=O)CC(C)(C)C(=O)O)C(C)(C)[C@@H]5CC[C@]43C)C1=C(C(C)C)C(=O)C2. The number of hydrogen-bond donors (Lipinski definition) is 3. The van der Waals surface area contributed by atoms with Crippen molar-refractivity contribution in [2.75, 3.05) is 13.6 Å². The second kappa shape index (κ2) is 14.8. The Hall–Kier alpha value is -3.08. The molecule has 0 bridgehead atoms. The molecule has 9 atom stereocenters. The molecule has 0 spiro atoms. The van der Waals surface area contributed by atoms with Gasteiger partial charge in [0.2, 0.25) is 0 Å². The molecule has 0 radical (unpaired) electrons. The number of rotatable bonds is 11. The number of carboxylic acid groups (broad SMARTS) is 1. The molecule has 4 saturated carbocycles. The van der Waals surface area contributed by atoms with E-state index in [-0.39, 0.29) is 58.2 Å². The summed E-state index contributed by atoms with van der Waals surface area (Å²) in [4.78, 5) is 39.4. The fraction of sp³-hybridized carbons (Fsp3) is 0.723. The lowest BCUT2D eigenvalue weighted by Crippen LogP contribution is -2.66. The number of aliphatic carboxylic acids is 1. The van der Waals surface area contributed by atoms with E-state index in [1.807, 2.05) is 35.9 Å². The van der Waals surface area contributed by atoms with Crippen LogP contribution in [-0.2, 0) is 25.7 Å². The molecule has 10 nitrogen and oxygen atoms in total. The quantitative estimate of drug-likeness (QED) is 0.189. The van der Waals surface area contributed by atoms with Crippen molar-refractivity contribution in [2.24, 2.45) is 56.2 Å². The van der Waals surface area contributed by atoms with Gasteiger partial charge in [0, 0.05) is 40.9 Å². The number of aliphatic hydroxyl groups excluding tert-OH is 1. The fourth-order valence-electron chi connectivity index (χ4n) is 13.9. The molecule has 1 aromatic carbocycles. The van der Waals surface area contributed by atoms with Crippen LogP contribution in [-0.4, -0.2) is 62.4 Å². The first-order chi connectivity index (χ1) is 27.1. The van der Waals surface area contributed by atoms with E-state index < -0.39 is 28.9 Å². The number of carboxylic acids is 1. The Kier molecular flexibility index (Phi) is 11.0. The minimum absolute atomic E-state index is 0.0152. The van der Waals surface area contributed by atoms with Gasteiger partial charge in [-0.1, -0.05) is 60.1 Å². The van der Waals surface area contributed by atoms with Crippen LogP contribution in [0.4, 0.5) is 0 Å². The molecule has 0 unspecified atom stereocenters. The van der Waals surface area contributed by atoms with Gasteiger partial charge in [0.25, 0.3) is 0 Å². The Morgan fingerprint density at radius 3 is 2.29 bits per heavy atom. The summed E-state index contributed by atoms with van der Waals surface area (Å²) in [6.07, 6.45) is 6.21. The van der Waals surface area contributed by atoms with Crippen LogP contribution < -0.4 is 5.32 Å². The predicted octanol–water partition coefficient (Wildman–Crippen LogP) is 9.24. The van der Waals surface area contributed by atoms with E-state index in [9.17, 15) is 24.6 Å². The van der Waals surface area contributed by atoms with Crippen LogP contribution in [0, 0.1) is 56.2 Å². The Morgan fingerprint density at radius 1 is 0.966 bits per heavy atom. The average Bonchev–Trinajstić information content (AvgIpc) is 3.70. The number of benzene rings is 1. The molecule has 58 heavy (non-hydrogen) atoms. The first-order valence-electron chi connectivity index (χ1n) is 21.8. The van der Waals surface area contributed by atoms with Crippen LogP contribution >= 0.6 is 11.6 Å². The molecule has 1 aromatic heterocycles. The molecule has 7 rings (SSSR count). The van der Waals surface area contributed by atoms with E-state index >= 15 is 0 Å². The van der Waals surface area contributed by atoms with Gasteiger partial charge in [-0.3, -0.25) is 14.4 Å². The molecule has 5 aliphatic carbocycles. The molecule has 3 N–H and O–H groups in total. The van der Waals surface area contributed by atoms with Crippen molar-refractivity contribution in [2.45, 2.75) is 145 Å². The molecule has 11 heteroatoms. The van der Waals surface area contributed by atoms with Gasteiger partial charge >= 0.3 is 11.9 Å². The van der Waals surface area contributed by atoms with Gasteiger partial charge in [0.1, 0.15) is 12.2 Å². The summed E-state index contributed by atoms with van der Waals surface area (Å²) in [5.74, 6) is 0.862. The number of likely N-dealkylation sites (N-methyl/N-ethyl adjacent to an activating group) is 1. The predicted molar refractivity (Wildman–Crippen MR) is 225 cm³/mol. The van der Waals surface area contributed by atoms with Gasteiger partial charge in [-0.25, -0.2) is 0 Å². The van der Waals surface area contributed by atoms with Gasteiger partial charge in [-0.2, -0.15) is 0 Å². The first kappa shape index (κ1) is 43.0. The maximum Gasteiger partial charge on any atom is 0.309 e. The summed E-state index contributed by atoms with van der Waals surface area (Å²) in [5.41, 5.74) is 0.669. The van der Waals surface area contributed by atoms with Crippen LogP contribution in [0.3, 0.4) is 0 Å². The molecule has 0 saturated heterocycles. The first-order valence-corrected chi connectivity index (χ1v) is 22.2. The maximum atomic E-state index is 14.4. The van der Waals surface area contributed by atoms with Gasteiger partial charge in [0.05, 0.1) is 11.8 Å². The second-order valence-corrected chi connectivity index (χ2v) is 21.5. The number of halogens is 1. The number of esters is 1. The zero-order valence-corrected chi connectivity index (χ0v) is 37.3. The molecule has 1 heterocycles. The normalized spacial score (nSPS) is 34.9. The molecule has 0 aliphatic heterocycles. The van der Waals surface area contributed by atoms with E-state index in [0.717, 1.165) is 56.1 Å². The Bertz CT molecular complexity index is 1990. The van der Waals surface area contributed by atoms with E-state index in [4.69, 9.17) is 21.4 Å². The average molecular weight is 820 g/mol. The summed E-state index contributed by atoms with van der Waals surface area (Å²) >= 11 is 6.25. The lowest BCUT2D eigenvalue weighted by Gasteiger charge is -2.72. The second-order valence-electron chi connectivity index (χ2n) is 21.1. The van der Waals surface area contributed by atoms with Crippen molar-refractivity contribution in [3.63, 3.8) is 0 Å². The van der Waals surface area contributed by atoms with Crippen molar-refractivity contribution in [3.8, 4) is 11.4 Å². The van der Waals surface area contributed by atoms with Crippen LogP contribution in [0.2, 0.25) is 5.02 Å². The highest BCUT2D eigenvalue weighted by atomic mass is 35.5. The molecular weight excluding hydrogens is 752 g/mol. The highest BCUT2D eigenvalue weighted by Crippen LogP contribution is 2.77. The van der Waals surface area contributed by atoms with Crippen molar-refractivity contribution in [1.82, 2.24) is 20.1 Å². The summed E-state index contributed by atoms with van der Waals surface area (Å²) in [7, 11) is 1.91. The summed E-state index contributed by atoms with van der Waals surface area (Å²) < 4.78 is 8.23. The fourth-order valence-corrected chi connectivity index (χ4v) is 14.0. The largest absolute Gasteiger partial charge is 0.481 e. The topological polar surface area (TPSA) is 144 Å². The summed E-state index contributed by atoms with van der Waals surface area (Å²) in [5, 5.41) is 35.8. The van der Waals surface area contributed by atoms with Crippen molar-refractivity contribution in [1.29, 1.82) is 0 Å². The number of allylic oxidation sites excluding steroid dienone is 1. The number of nitrogens with one attached hydrogen (secondary N) is 1. The zero-order chi connectivity index (χ0) is 42.4. The maximum absolute atomic E-state index is 14.4. The standard InChI is InChI=1S/C47H67ClN4O6/c1-27(2)36-31(53)25-47(38(55)40-51-50-39(52(40)24-23-49-10)28-11-13-29(48)14-12-28)22-21-45(8)30(37(36)47)15-16-33-44(7)19-18-34(58-35(54)26-42(3,4)41(56)57)43(5,6)32(44)17-20-46(33,45)9/h11-14,27,30,32-34,38,49,55H,15-26H2,1-10H3,(H,56,57)/t30-,32+,33-,34+,38+,44+,45-,46-,47-/m1/s1. The van der Waals surface area contributed by atoms with E-state index in [0.29, 0.717) is 48.0 Å². The van der Waals surface area contributed by atoms with Crippen LogP contribution in [0.1, 0.15) is 138 Å². The molecule has 0 amide bonds. The number of carbonyl (C=O) groups excluding carboxylic acids is 2. The van der Waals surface area contributed by atoms with Crippen molar-refractivity contribution < 1.29 is 29.3 Å². The minimum atomic E-state index is -1.18. The number of fused-ring (bicyclic) bond motifs is 7. The Labute approximate surface area is 350 Å². The highest BCUT2D eigenvalue weighted by Gasteiger charge is 2.71. The van der Waals surface area contributed by atoms with Gasteiger partial charge in [-0.05, 0) is 148 Å². The third kappa shape index (κ3) is 6.43. The third-order valence-corrected chi connectivity index (χ3v) is 17.3. The number of nitrogens with zero attached hydrogens (tertiary/aromatic N) is 3. The number of carbonyl (C=O) groups is 3. The number of ketones is 1. The molecule has 4 fully saturated rings. The molecular formula is C47H67ClN4O6. The molecule has 318 valence electrons. The van der Waals surface area contributed by atoms with Crippen molar-refractivity contribution >= 4 is 29.3 Å². The lowest BCUT2D eigenvalue weighted by molar-refractivity contribution is -0.235. The number of hydrogen-bond acceptors (Lipinski definition) is 8. The number of Topliss-reactive ketones (excluding diaryl/α,β-unsaturated/α-hetero) is 1. The highest BCUT2D eigenvalue weighted by molar-refractivity contribution is 6.30. The Balaban J connectivity index is 1.22. The zero-order valence-electron chi connectivity index (χ0n) is 36.5. The summed E-state index contributed by atoms with van der Waals surface area (Å²) in [6.45, 7) is 20.7. The summed E-state index contributed by atoms with van der Waals surface area (Å²) in [6, 6.07) is 7.55. The monoisotopic (exact) mass is 818 g/mol. The molecule has 2 aromatic rings. The Morgan fingerprint density at radius 2 is 1.66 bits per heavy atom. The lowest BCUT2D eigenvalue weighted by atomic mass is 9.33. The molecule has 5 aliphatic rings. The number of aromatic nitrogens is 3. The number of ether oxygens (including phenoxy) is 1. The van der Waals surface area contributed by atoms with Gasteiger partial charge in [0.15, 0.2) is 17.4 Å². The van der Waals surface area contributed by atoms with Crippen LogP contribution in [0.15, 0.2) is 35.4 Å². The van der Waals surface area contributed by atoms with E-state index in [1.165, 1.54) is 5.57 Å². The van der Waals surface area contributed by atoms with Gasteiger partial charge < -0.3 is 24.8 Å². The number of aliphatic hydroxyl groups is 1. The van der Waals surface area contributed by atoms with E-state index in [2.05, 4.69) is 58.9 Å². The smallest absolute Gasteiger partial charge is 0.309 e. The van der Waals surface area contributed by atoms with Crippen LogP contribution in [0.25, 0.3) is 11.4 Å². The van der Waals surface area contributed by atoms with Crippen LogP contribution in [0.5, 0.6) is 0 Å². The minimum Gasteiger partial charge on any atom is -0.481 e. The van der Waals surface area contributed by atoms with E-state index in [1.54, 1.807) is 13.8 Å².